The second-order valence-corrected chi connectivity index (χ2v) is 25.6. The summed E-state index contributed by atoms with van der Waals surface area (Å²) < 4.78 is 44.3. The number of benzene rings is 5. The molecule has 3 saturated heterocycles. The quantitative estimate of drug-likeness (QED) is 0.0685. The first-order valence-electron chi connectivity index (χ1n) is 33.8. The summed E-state index contributed by atoms with van der Waals surface area (Å²) in [5.74, 6) is -1.58. The predicted octanol–water partition coefficient (Wildman–Crippen LogP) is 11.9. The lowest BCUT2D eigenvalue weighted by Crippen LogP contribution is -2.49. The molecule has 0 saturated carbocycles. The zero-order valence-electron chi connectivity index (χ0n) is 58.2. The van der Waals surface area contributed by atoms with Crippen LogP contribution >= 0.6 is 11.3 Å². The lowest BCUT2D eigenvalue weighted by atomic mass is 10.0. The van der Waals surface area contributed by atoms with Crippen LogP contribution in [0.3, 0.4) is 0 Å². The minimum Gasteiger partial charge on any atom is -0.497 e. The number of esters is 3. The van der Waals surface area contributed by atoms with E-state index in [0.717, 1.165) is 48.8 Å². The molecule has 0 bridgehead atoms. The second-order valence-electron chi connectivity index (χ2n) is 24.7. The molecule has 0 spiro atoms. The van der Waals surface area contributed by atoms with Crippen LogP contribution in [0.1, 0.15) is 121 Å². The van der Waals surface area contributed by atoms with Gasteiger partial charge in [0.2, 0.25) is 0 Å². The van der Waals surface area contributed by atoms with E-state index in [1.165, 1.54) is 43.4 Å². The van der Waals surface area contributed by atoms with Crippen molar-refractivity contribution in [2.75, 3.05) is 120 Å². The van der Waals surface area contributed by atoms with Gasteiger partial charge in [-0.2, -0.15) is 0 Å². The second kappa shape index (κ2) is 35.2. The van der Waals surface area contributed by atoms with Gasteiger partial charge < -0.3 is 66.5 Å². The van der Waals surface area contributed by atoms with Gasteiger partial charge in [-0.3, -0.25) is 28.8 Å². The minimum atomic E-state index is -0.696. The van der Waals surface area contributed by atoms with Crippen molar-refractivity contribution in [2.24, 2.45) is 14.1 Å². The highest BCUT2D eigenvalue weighted by Gasteiger charge is 2.35. The minimum absolute atomic E-state index is 0. The largest absolute Gasteiger partial charge is 0.497 e. The van der Waals surface area contributed by atoms with Crippen LogP contribution in [0.2, 0.25) is 0 Å². The zero-order valence-corrected chi connectivity index (χ0v) is 59.0. The first-order valence-corrected chi connectivity index (χ1v) is 34.6. The van der Waals surface area contributed by atoms with Crippen LogP contribution in [0, 0.1) is 19.7 Å². The molecule has 3 fully saturated rings. The number of ether oxygens (including phenoxy) is 4. The molecule has 25 heteroatoms. The summed E-state index contributed by atoms with van der Waals surface area (Å²) in [6.45, 7) is 15.4. The third-order valence-corrected chi connectivity index (χ3v) is 19.2. The number of furan rings is 1. The smallest absolute Gasteiger partial charge is 0.345 e. The molecule has 5 aromatic carbocycles. The highest BCUT2D eigenvalue weighted by Crippen LogP contribution is 2.35. The maximum atomic E-state index is 13.9. The number of pyridine rings is 3. The van der Waals surface area contributed by atoms with Crippen LogP contribution < -0.4 is 36.1 Å². The van der Waals surface area contributed by atoms with Gasteiger partial charge in [-0.25, -0.2) is 18.8 Å². The predicted molar refractivity (Wildman–Crippen MR) is 410 cm³/mol. The van der Waals surface area contributed by atoms with E-state index in [1.54, 1.807) is 100 Å². The van der Waals surface area contributed by atoms with Crippen LogP contribution in [-0.4, -0.2) is 169 Å². The summed E-state index contributed by atoms with van der Waals surface area (Å²) in [5, 5.41) is 4.27. The molecule has 13 rings (SSSR count). The van der Waals surface area contributed by atoms with Gasteiger partial charge in [0.05, 0.1) is 78.2 Å². The monoisotopic (exact) mass is 1450 g/mol. The lowest BCUT2D eigenvalue weighted by Gasteiger charge is -2.37. The summed E-state index contributed by atoms with van der Waals surface area (Å²) in [5.41, 5.74) is 5.96. The highest BCUT2D eigenvalue weighted by atomic mass is 32.1. The topological polar surface area (TPSA) is 238 Å². The van der Waals surface area contributed by atoms with Crippen LogP contribution in [0.15, 0.2) is 164 Å². The lowest BCUT2D eigenvalue weighted by molar-refractivity contribution is 0.0514. The number of aryl methyl sites for hydroxylation is 4. The van der Waals surface area contributed by atoms with Gasteiger partial charge in [0.15, 0.2) is 5.76 Å². The molecule has 10 aromatic rings. The fourth-order valence-electron chi connectivity index (χ4n) is 13.2. The first kappa shape index (κ1) is 79.4. The van der Waals surface area contributed by atoms with Crippen molar-refractivity contribution in [3.05, 3.63) is 232 Å². The summed E-state index contributed by atoms with van der Waals surface area (Å²) in [6, 6.07) is 39.1. The first-order chi connectivity index (χ1) is 49.2. The number of nitrogens with zero attached hydrogens (tertiary/aromatic N) is 9. The number of piperazine rings is 3. The van der Waals surface area contributed by atoms with Crippen molar-refractivity contribution in [1.82, 2.24) is 28.4 Å². The number of carbonyl (C=O) groups is 6. The number of carbonyl (C=O) groups excluding carboxylic acids is 6. The molecular weight excluding hydrogens is 1360 g/mol. The van der Waals surface area contributed by atoms with E-state index in [0.29, 0.717) is 112 Å². The number of amides is 3. The average molecular weight is 1450 g/mol. The Morgan fingerprint density at radius 2 is 0.924 bits per heavy atom. The molecule has 0 radical (unpaired) electrons. The summed E-state index contributed by atoms with van der Waals surface area (Å²) in [6.07, 6.45) is 1.46. The molecular formula is C80H92FN9O14S. The Hall–Kier alpha value is -11.3. The fourth-order valence-corrected chi connectivity index (χ4v) is 13.9. The molecule has 3 aliphatic rings. The van der Waals surface area contributed by atoms with Gasteiger partial charge in [0.1, 0.15) is 28.3 Å². The van der Waals surface area contributed by atoms with Crippen molar-refractivity contribution < 1.29 is 56.5 Å². The Bertz CT molecular complexity index is 4950. The number of rotatable bonds is 15. The van der Waals surface area contributed by atoms with Gasteiger partial charge >= 0.3 is 17.9 Å². The average Bonchev–Trinajstić information content (AvgIpc) is 1.13. The number of hydrogen-bond donors (Lipinski definition) is 0. The maximum absolute atomic E-state index is 13.9. The molecule has 8 heterocycles. The molecule has 3 aliphatic heterocycles. The standard InChI is InChI=1S/C29H28FN3O5.C25H27N3O5.C23H25N3O4S.3CH4/c1-3-37-29(36)25-26(31-12-14-32(15-13-31)27(34)24-5-4-16-38-24)22-17-19(2)6-11-23(22)33(28(25)35)18-20-7-9-21(30)10-8-20;1-4-33-25(31)21-22(19-7-5-6-8-20(19)26(2)24(21)30)27-13-15-28(16-14-27)23(29)17-9-11-18(32-3)12-10-17;1-4-30-23(29)19-20(16-14-15(2)7-8-17(16)24(3)22(19)28)25-9-11-26(12-10-25)21(27)18-6-5-13-31-18;;;/h4-11,16-17H,3,12-15,18H2,1-2H3;5-12H,4,13-16H2,1-3H3;5-8,13-14H,4,9-12H2,1-3H3;3*1H4. The molecule has 0 N–H and O–H groups in total. The number of halogens is 1. The number of para-hydroxylation sites is 1. The van der Waals surface area contributed by atoms with E-state index in [9.17, 15) is 47.5 Å². The normalized spacial score (nSPS) is 13.5. The van der Waals surface area contributed by atoms with Crippen molar-refractivity contribution in [3.63, 3.8) is 0 Å². The number of thiophene rings is 1. The number of anilines is 3. The van der Waals surface area contributed by atoms with E-state index in [-0.39, 0.29) is 106 Å². The Balaban J connectivity index is 0.000000197. The van der Waals surface area contributed by atoms with Crippen molar-refractivity contribution in [1.29, 1.82) is 0 Å². The van der Waals surface area contributed by atoms with Gasteiger partial charge in [-0.15, -0.1) is 11.3 Å². The zero-order chi connectivity index (χ0) is 72.5. The molecule has 3 amide bonds. The van der Waals surface area contributed by atoms with E-state index >= 15 is 0 Å². The SMILES string of the molecule is C.C.C.CCOC(=O)c1c(N2CCN(C(=O)c3ccc(OC)cc3)CC2)c2ccccc2n(C)c1=O.CCOC(=O)c1c(N2CCN(C(=O)c3ccco3)CC2)c2cc(C)ccc2n(Cc2ccc(F)cc2)c1=O.CCOC(=O)c1c(N2CCN(C(=O)c3cccs3)CC2)c2cc(C)ccc2n(C)c1=O. The highest BCUT2D eigenvalue weighted by molar-refractivity contribution is 7.12. The van der Waals surface area contributed by atoms with Gasteiger partial charge in [-0.05, 0) is 130 Å². The third kappa shape index (κ3) is 16.8. The number of hydrogen-bond acceptors (Lipinski definition) is 18. The van der Waals surface area contributed by atoms with Crippen molar-refractivity contribution >= 4 is 96.7 Å². The Morgan fingerprint density at radius 3 is 1.39 bits per heavy atom. The van der Waals surface area contributed by atoms with Crippen LogP contribution in [0.5, 0.6) is 5.75 Å². The molecule has 0 aliphatic carbocycles. The molecule has 23 nitrogen and oxygen atoms in total. The number of fused-ring (bicyclic) bond motifs is 3. The third-order valence-electron chi connectivity index (χ3n) is 18.3. The van der Waals surface area contributed by atoms with E-state index < -0.39 is 23.5 Å². The Labute approximate surface area is 613 Å². The van der Waals surface area contributed by atoms with Gasteiger partial charge in [0.25, 0.3) is 34.4 Å². The van der Waals surface area contributed by atoms with E-state index in [2.05, 4.69) is 0 Å². The van der Waals surface area contributed by atoms with E-state index in [4.69, 9.17) is 23.4 Å². The van der Waals surface area contributed by atoms with Crippen LogP contribution in [-0.2, 0) is 34.9 Å². The molecule has 5 aromatic heterocycles. The summed E-state index contributed by atoms with van der Waals surface area (Å²) in [4.78, 5) is 130. The van der Waals surface area contributed by atoms with Crippen LogP contribution in [0.4, 0.5) is 21.5 Å². The summed E-state index contributed by atoms with van der Waals surface area (Å²) in [7, 11) is 4.91. The molecule has 554 valence electrons. The van der Waals surface area contributed by atoms with Crippen molar-refractivity contribution in [3.8, 4) is 5.75 Å². The van der Waals surface area contributed by atoms with Gasteiger partial charge in [-0.1, -0.05) is 81.9 Å². The number of aromatic nitrogens is 3. The Morgan fingerprint density at radius 1 is 0.476 bits per heavy atom. The fraction of sp³-hybridized carbons (Fsp3) is 0.338. The molecule has 105 heavy (non-hydrogen) atoms. The molecule has 0 unspecified atom stereocenters. The molecule has 0 atom stereocenters. The maximum Gasteiger partial charge on any atom is 0.345 e. The van der Waals surface area contributed by atoms with E-state index in [1.807, 2.05) is 112 Å². The number of methoxy groups -OCH3 is 1. The van der Waals surface area contributed by atoms with Crippen LogP contribution in [0.25, 0.3) is 32.7 Å². The van der Waals surface area contributed by atoms with Gasteiger partial charge in [0, 0.05) is 114 Å². The summed E-state index contributed by atoms with van der Waals surface area (Å²) >= 11 is 1.43. The van der Waals surface area contributed by atoms with Crippen molar-refractivity contribution in [2.45, 2.75) is 63.4 Å². The Kier molecular flexibility index (Phi) is 26.6.